The molecule has 0 radical (unpaired) electrons. The van der Waals surface area contributed by atoms with Gasteiger partial charge in [0, 0.05) is 31.8 Å². The summed E-state index contributed by atoms with van der Waals surface area (Å²) in [7, 11) is 0. The van der Waals surface area contributed by atoms with Crippen LogP contribution in [0.4, 0.5) is 36.6 Å². The van der Waals surface area contributed by atoms with E-state index in [0.717, 1.165) is 18.3 Å². The molecular weight excluding hydrogens is 563 g/mol. The number of rotatable bonds is 8. The number of nitrogens with zero attached hydrogens (tertiary/aromatic N) is 2. The number of ether oxygens (including phenoxy) is 1. The van der Waals surface area contributed by atoms with Crippen molar-refractivity contribution in [3.63, 3.8) is 0 Å². The van der Waals surface area contributed by atoms with Gasteiger partial charge in [-0.3, -0.25) is 20.2 Å². The fourth-order valence-corrected chi connectivity index (χ4v) is 4.33. The quantitative estimate of drug-likeness (QED) is 0.262. The highest BCUT2D eigenvalue weighted by Gasteiger charge is 2.48. The third kappa shape index (κ3) is 6.51. The monoisotopic (exact) mass is 587 g/mol. The number of hydrogen-bond acceptors (Lipinski definition) is 6. The molecule has 1 fully saturated rings. The molecule has 1 aromatic carbocycles. The molecule has 220 valence electrons. The number of H-pyrrole nitrogens is 1. The maximum absolute atomic E-state index is 14.9. The minimum Gasteiger partial charge on any atom is -0.453 e. The van der Waals surface area contributed by atoms with Crippen molar-refractivity contribution in [1.82, 2.24) is 14.9 Å². The van der Waals surface area contributed by atoms with Gasteiger partial charge in [-0.2, -0.15) is 0 Å². The Hall–Kier alpha value is -3.98. The SMILES string of the molecule is CC(C(=O)Nc1ccc(Oc2ccc(F)cc2F)cn1)N1CCC(F)(F)C(c2c[nH]c(=O)c([C@@](N)(F)C(F)F)c2)C1. The van der Waals surface area contributed by atoms with Gasteiger partial charge in [-0.25, -0.2) is 35.7 Å². The van der Waals surface area contributed by atoms with Crippen LogP contribution in [0.15, 0.2) is 53.6 Å². The number of piperidine rings is 1. The fourth-order valence-electron chi connectivity index (χ4n) is 4.33. The molecule has 0 spiro atoms. The standard InChI is InChI=1S/C26H24F7N5O3/c1-13(22(39)37-21-5-3-16(11-35-21)41-20-4-2-15(27)9-19(20)28)38-7-6-25(31,32)18(12-38)14-8-17(23(40)36-10-14)26(33,34)24(29)30/h2-5,8-11,13,18,24H,6-7,12,34H2,1H3,(H,36,40)(H,35,37,39)/t13?,18?,26-/m0/s1. The van der Waals surface area contributed by atoms with Gasteiger partial charge in [0.25, 0.3) is 23.7 Å². The Balaban J connectivity index is 1.45. The van der Waals surface area contributed by atoms with Crippen LogP contribution in [0.2, 0.25) is 0 Å². The van der Waals surface area contributed by atoms with Gasteiger partial charge in [0.05, 0.1) is 23.7 Å². The Morgan fingerprint density at radius 1 is 1.24 bits per heavy atom. The van der Waals surface area contributed by atoms with Crippen LogP contribution < -0.4 is 21.3 Å². The van der Waals surface area contributed by atoms with Crippen LogP contribution in [0.1, 0.15) is 30.4 Å². The summed E-state index contributed by atoms with van der Waals surface area (Å²) in [5.74, 6) is -11.3. The summed E-state index contributed by atoms with van der Waals surface area (Å²) in [5.41, 5.74) is 2.16. The van der Waals surface area contributed by atoms with E-state index in [0.29, 0.717) is 12.1 Å². The van der Waals surface area contributed by atoms with Crippen molar-refractivity contribution in [1.29, 1.82) is 0 Å². The van der Waals surface area contributed by atoms with Crippen LogP contribution >= 0.6 is 0 Å². The average Bonchev–Trinajstić information content (AvgIpc) is 2.91. The van der Waals surface area contributed by atoms with Crippen LogP contribution in [0.25, 0.3) is 0 Å². The molecule has 0 saturated carbocycles. The predicted molar refractivity (Wildman–Crippen MR) is 133 cm³/mol. The van der Waals surface area contributed by atoms with E-state index in [-0.39, 0.29) is 29.4 Å². The Labute approximate surface area is 228 Å². The van der Waals surface area contributed by atoms with E-state index in [1.54, 1.807) is 0 Å². The first-order chi connectivity index (χ1) is 19.2. The molecule has 4 N–H and O–H groups in total. The number of anilines is 1. The number of halogens is 7. The summed E-state index contributed by atoms with van der Waals surface area (Å²) >= 11 is 0. The molecule has 4 rings (SSSR count). The van der Waals surface area contributed by atoms with Crippen molar-refractivity contribution in [2.45, 2.75) is 43.4 Å². The van der Waals surface area contributed by atoms with E-state index < -0.39 is 71.7 Å². The predicted octanol–water partition coefficient (Wildman–Crippen LogP) is 4.64. The van der Waals surface area contributed by atoms with E-state index in [2.05, 4.69) is 10.3 Å². The van der Waals surface area contributed by atoms with Crippen LogP contribution in [0.3, 0.4) is 0 Å². The van der Waals surface area contributed by atoms with Crippen molar-refractivity contribution in [3.05, 3.63) is 81.9 Å². The summed E-state index contributed by atoms with van der Waals surface area (Å²) < 4.78 is 103. The summed E-state index contributed by atoms with van der Waals surface area (Å²) in [5, 5.41) is 2.52. The molecule has 15 heteroatoms. The van der Waals surface area contributed by atoms with E-state index in [1.165, 1.54) is 30.2 Å². The van der Waals surface area contributed by atoms with E-state index in [9.17, 15) is 40.3 Å². The van der Waals surface area contributed by atoms with Crippen LogP contribution in [0, 0.1) is 11.6 Å². The first-order valence-electron chi connectivity index (χ1n) is 12.2. The number of likely N-dealkylation sites (tertiary alicyclic amines) is 1. The highest BCUT2D eigenvalue weighted by Crippen LogP contribution is 2.41. The first kappa shape index (κ1) is 30.0. The second kappa shape index (κ2) is 11.5. The van der Waals surface area contributed by atoms with E-state index in [4.69, 9.17) is 10.5 Å². The number of alkyl halides is 5. The Bertz CT molecular complexity index is 1470. The third-order valence-electron chi connectivity index (χ3n) is 6.75. The van der Waals surface area contributed by atoms with Gasteiger partial charge < -0.3 is 15.0 Å². The largest absolute Gasteiger partial charge is 0.453 e. The van der Waals surface area contributed by atoms with Crippen molar-refractivity contribution >= 4 is 11.7 Å². The topological polar surface area (TPSA) is 113 Å². The van der Waals surface area contributed by atoms with Crippen LogP contribution in [-0.4, -0.2) is 52.3 Å². The third-order valence-corrected chi connectivity index (χ3v) is 6.75. The second-order valence-electron chi connectivity index (χ2n) is 9.52. The first-order valence-corrected chi connectivity index (χ1v) is 12.2. The highest BCUT2D eigenvalue weighted by atomic mass is 19.3. The fraction of sp³-hybridized carbons (Fsp3) is 0.346. The average molecular weight is 587 g/mol. The minimum atomic E-state index is -3.86. The molecule has 2 unspecified atom stereocenters. The molecular formula is C26H24F7N5O3. The molecule has 3 atom stereocenters. The smallest absolute Gasteiger partial charge is 0.289 e. The minimum absolute atomic E-state index is 0.0622. The molecule has 1 aliphatic rings. The molecule has 0 bridgehead atoms. The van der Waals surface area contributed by atoms with Crippen molar-refractivity contribution in [2.75, 3.05) is 18.4 Å². The number of nitrogens with two attached hydrogens (primary N) is 1. The molecule has 1 aliphatic heterocycles. The zero-order chi connectivity index (χ0) is 30.1. The zero-order valence-corrected chi connectivity index (χ0v) is 21.3. The van der Waals surface area contributed by atoms with E-state index >= 15 is 0 Å². The number of benzene rings is 1. The number of nitrogens with one attached hydrogen (secondary N) is 2. The summed E-state index contributed by atoms with van der Waals surface area (Å²) in [4.78, 5) is 32.2. The van der Waals surface area contributed by atoms with E-state index in [1.807, 2.05) is 4.98 Å². The molecule has 8 nitrogen and oxygen atoms in total. The molecule has 3 aromatic rings. The molecule has 41 heavy (non-hydrogen) atoms. The lowest BCUT2D eigenvalue weighted by molar-refractivity contribution is -0.125. The van der Waals surface area contributed by atoms with Crippen molar-refractivity contribution in [2.24, 2.45) is 5.73 Å². The van der Waals surface area contributed by atoms with Gasteiger partial charge in [-0.1, -0.05) is 0 Å². The molecule has 2 aromatic heterocycles. The number of aromatic amines is 1. The Morgan fingerprint density at radius 3 is 2.61 bits per heavy atom. The van der Waals surface area contributed by atoms with Gasteiger partial charge in [0.2, 0.25) is 5.91 Å². The Morgan fingerprint density at radius 2 is 1.98 bits per heavy atom. The number of amides is 1. The van der Waals surface area contributed by atoms with Gasteiger partial charge in [0.15, 0.2) is 11.6 Å². The Kier molecular flexibility index (Phi) is 8.40. The lowest BCUT2D eigenvalue weighted by Crippen LogP contribution is -2.52. The second-order valence-corrected chi connectivity index (χ2v) is 9.52. The molecule has 1 saturated heterocycles. The summed E-state index contributed by atoms with van der Waals surface area (Å²) in [6.45, 7) is 0.806. The summed E-state index contributed by atoms with van der Waals surface area (Å²) in [6, 6.07) is 5.08. The molecule has 1 amide bonds. The number of carbonyl (C=O) groups is 1. The van der Waals surface area contributed by atoms with Gasteiger partial charge in [-0.05, 0) is 42.8 Å². The number of carbonyl (C=O) groups excluding carboxylic acids is 1. The highest BCUT2D eigenvalue weighted by molar-refractivity contribution is 5.93. The maximum Gasteiger partial charge on any atom is 0.289 e. The van der Waals surface area contributed by atoms with Crippen LogP contribution in [-0.2, 0) is 10.6 Å². The lowest BCUT2D eigenvalue weighted by atomic mass is 9.86. The number of aromatic nitrogens is 2. The van der Waals surface area contributed by atoms with Crippen LogP contribution in [0.5, 0.6) is 11.5 Å². The van der Waals surface area contributed by atoms with Gasteiger partial charge in [-0.15, -0.1) is 0 Å². The molecule has 3 heterocycles. The zero-order valence-electron chi connectivity index (χ0n) is 21.3. The number of pyridine rings is 2. The lowest BCUT2D eigenvalue weighted by Gasteiger charge is -2.40. The summed E-state index contributed by atoms with van der Waals surface area (Å²) in [6.07, 6.45) is -2.45. The van der Waals surface area contributed by atoms with Crippen molar-refractivity contribution in [3.8, 4) is 11.5 Å². The van der Waals surface area contributed by atoms with Crippen molar-refractivity contribution < 1.29 is 40.3 Å². The van der Waals surface area contributed by atoms with Gasteiger partial charge in [0.1, 0.15) is 17.4 Å². The normalized spacial score (nSPS) is 19.4. The maximum atomic E-state index is 14.9. The van der Waals surface area contributed by atoms with Gasteiger partial charge >= 0.3 is 0 Å². The number of hydrogen-bond donors (Lipinski definition) is 3. The molecule has 0 aliphatic carbocycles.